The first kappa shape index (κ1) is 20.7. The second-order valence-electron chi connectivity index (χ2n) is 7.68. The van der Waals surface area contributed by atoms with E-state index in [4.69, 9.17) is 10.5 Å². The Labute approximate surface area is 171 Å². The zero-order valence-corrected chi connectivity index (χ0v) is 15.9. The lowest BCUT2D eigenvalue weighted by Crippen LogP contribution is -2.68. The summed E-state index contributed by atoms with van der Waals surface area (Å²) in [5, 5.41) is 39.7. The second-order valence-corrected chi connectivity index (χ2v) is 7.68. The van der Waals surface area contributed by atoms with E-state index in [0.717, 1.165) is 0 Å². The standard InChI is InChI=1S/C19H23N3O8/c20-10-3-1-2-8-9(10)6-21(17(8)28)11-4-5-13(24)22(18(11)29)19-16(27)15(26)14(25)12(7-23)30-19/h1-3,11-12,14-16,19,23,25-27H,4-7,20H2/t11?,12-,14-,15+,16-,19-/m1/s1. The number of amides is 3. The van der Waals surface area contributed by atoms with Crippen molar-refractivity contribution < 1.29 is 39.5 Å². The maximum atomic E-state index is 13.2. The first-order valence-electron chi connectivity index (χ1n) is 9.61. The zero-order valence-electron chi connectivity index (χ0n) is 15.9. The number of imide groups is 1. The molecule has 2 fully saturated rings. The van der Waals surface area contributed by atoms with Crippen molar-refractivity contribution in [1.82, 2.24) is 9.80 Å². The Balaban J connectivity index is 1.61. The van der Waals surface area contributed by atoms with Gasteiger partial charge in [0, 0.05) is 29.8 Å². The molecule has 11 nitrogen and oxygen atoms in total. The fourth-order valence-corrected chi connectivity index (χ4v) is 4.27. The summed E-state index contributed by atoms with van der Waals surface area (Å²) >= 11 is 0. The fourth-order valence-electron chi connectivity index (χ4n) is 4.27. The SMILES string of the molecule is Nc1cccc2c1CN(C1CCC(=O)N([C@@H]3O[C@H](CO)[C@@H](O)[C@H](O)[C@H]3O)C1=O)C2=O. The third-order valence-corrected chi connectivity index (χ3v) is 5.95. The molecule has 3 amide bonds. The molecule has 0 saturated carbocycles. The van der Waals surface area contributed by atoms with Gasteiger partial charge in [-0.3, -0.25) is 19.3 Å². The highest BCUT2D eigenvalue weighted by molar-refractivity contribution is 6.06. The summed E-state index contributed by atoms with van der Waals surface area (Å²) in [7, 11) is 0. The fraction of sp³-hybridized carbons (Fsp3) is 0.526. The van der Waals surface area contributed by atoms with Crippen molar-refractivity contribution >= 4 is 23.4 Å². The molecule has 0 aromatic heterocycles. The number of benzene rings is 1. The van der Waals surface area contributed by atoms with E-state index < -0.39 is 61.0 Å². The largest absolute Gasteiger partial charge is 0.398 e. The Morgan fingerprint density at radius 3 is 2.50 bits per heavy atom. The minimum Gasteiger partial charge on any atom is -0.398 e. The van der Waals surface area contributed by atoms with Gasteiger partial charge in [0.2, 0.25) is 5.91 Å². The molecule has 11 heteroatoms. The molecule has 3 heterocycles. The normalized spacial score (nSPS) is 34.5. The molecule has 6 atom stereocenters. The smallest absolute Gasteiger partial charge is 0.255 e. The number of nitrogens with zero attached hydrogens (tertiary/aromatic N) is 2. The van der Waals surface area contributed by atoms with Crippen LogP contribution in [-0.4, -0.2) is 91.2 Å². The van der Waals surface area contributed by atoms with E-state index in [0.29, 0.717) is 21.7 Å². The van der Waals surface area contributed by atoms with E-state index >= 15 is 0 Å². The average molecular weight is 421 g/mol. The van der Waals surface area contributed by atoms with Crippen LogP contribution in [0.15, 0.2) is 18.2 Å². The maximum Gasteiger partial charge on any atom is 0.255 e. The van der Waals surface area contributed by atoms with E-state index in [9.17, 15) is 34.8 Å². The van der Waals surface area contributed by atoms with E-state index in [1.807, 2.05) is 0 Å². The van der Waals surface area contributed by atoms with Gasteiger partial charge in [-0.2, -0.15) is 0 Å². The number of anilines is 1. The topological polar surface area (TPSA) is 174 Å². The van der Waals surface area contributed by atoms with Gasteiger partial charge < -0.3 is 35.8 Å². The van der Waals surface area contributed by atoms with Crippen molar-refractivity contribution in [3.63, 3.8) is 0 Å². The zero-order chi connectivity index (χ0) is 21.7. The molecule has 4 rings (SSSR count). The van der Waals surface area contributed by atoms with Gasteiger partial charge in [0.1, 0.15) is 30.5 Å². The molecule has 0 bridgehead atoms. The molecule has 0 aliphatic carbocycles. The van der Waals surface area contributed by atoms with Gasteiger partial charge in [0.05, 0.1) is 6.61 Å². The van der Waals surface area contributed by atoms with Crippen LogP contribution in [0.2, 0.25) is 0 Å². The van der Waals surface area contributed by atoms with Crippen molar-refractivity contribution in [3.05, 3.63) is 29.3 Å². The molecule has 162 valence electrons. The number of hydrogen-bond donors (Lipinski definition) is 5. The summed E-state index contributed by atoms with van der Waals surface area (Å²) in [5.41, 5.74) is 7.36. The molecular weight excluding hydrogens is 398 g/mol. The summed E-state index contributed by atoms with van der Waals surface area (Å²) in [5.74, 6) is -1.81. The Morgan fingerprint density at radius 1 is 1.10 bits per heavy atom. The molecule has 1 unspecified atom stereocenters. The number of rotatable bonds is 3. The minimum atomic E-state index is -1.78. The van der Waals surface area contributed by atoms with Gasteiger partial charge in [0.25, 0.3) is 11.8 Å². The number of nitrogens with two attached hydrogens (primary N) is 1. The Hall–Kier alpha value is -2.57. The number of nitrogen functional groups attached to an aromatic ring is 1. The highest BCUT2D eigenvalue weighted by Gasteiger charge is 2.52. The van der Waals surface area contributed by atoms with Crippen molar-refractivity contribution in [2.75, 3.05) is 12.3 Å². The number of aliphatic hydroxyl groups excluding tert-OH is 4. The third kappa shape index (κ3) is 3.06. The number of hydrogen-bond acceptors (Lipinski definition) is 9. The number of ether oxygens (including phenoxy) is 1. The number of aliphatic hydroxyl groups is 4. The highest BCUT2D eigenvalue weighted by Crippen LogP contribution is 2.34. The quantitative estimate of drug-likeness (QED) is 0.262. The van der Waals surface area contributed by atoms with E-state index in [1.54, 1.807) is 18.2 Å². The Morgan fingerprint density at radius 2 is 1.83 bits per heavy atom. The van der Waals surface area contributed by atoms with Crippen molar-refractivity contribution in [3.8, 4) is 0 Å². The van der Waals surface area contributed by atoms with Crippen LogP contribution in [0.3, 0.4) is 0 Å². The molecule has 1 aromatic carbocycles. The molecule has 3 aliphatic rings. The van der Waals surface area contributed by atoms with Crippen molar-refractivity contribution in [1.29, 1.82) is 0 Å². The van der Waals surface area contributed by atoms with Crippen LogP contribution in [-0.2, 0) is 20.9 Å². The van der Waals surface area contributed by atoms with Crippen molar-refractivity contribution in [2.24, 2.45) is 0 Å². The summed E-state index contributed by atoms with van der Waals surface area (Å²) < 4.78 is 5.38. The van der Waals surface area contributed by atoms with Crippen LogP contribution in [0.1, 0.15) is 28.8 Å². The second kappa shape index (κ2) is 7.60. The van der Waals surface area contributed by atoms with Gasteiger partial charge >= 0.3 is 0 Å². The van der Waals surface area contributed by atoms with Gasteiger partial charge in [0.15, 0.2) is 6.23 Å². The molecular formula is C19H23N3O8. The van der Waals surface area contributed by atoms with Crippen LogP contribution >= 0.6 is 0 Å². The van der Waals surface area contributed by atoms with Crippen LogP contribution in [0.4, 0.5) is 5.69 Å². The average Bonchev–Trinajstić information content (AvgIpc) is 3.06. The highest BCUT2D eigenvalue weighted by atomic mass is 16.6. The minimum absolute atomic E-state index is 0.0885. The van der Waals surface area contributed by atoms with E-state index in [-0.39, 0.29) is 19.4 Å². The van der Waals surface area contributed by atoms with Crippen molar-refractivity contribution in [2.45, 2.75) is 56.1 Å². The van der Waals surface area contributed by atoms with Crippen LogP contribution in [0.25, 0.3) is 0 Å². The molecule has 1 aromatic rings. The van der Waals surface area contributed by atoms with E-state index in [2.05, 4.69) is 0 Å². The van der Waals surface area contributed by atoms with Crippen LogP contribution in [0.5, 0.6) is 0 Å². The lowest BCUT2D eigenvalue weighted by atomic mass is 9.95. The van der Waals surface area contributed by atoms with Gasteiger partial charge in [-0.25, -0.2) is 0 Å². The number of piperidine rings is 1. The van der Waals surface area contributed by atoms with Crippen LogP contribution in [0, 0.1) is 0 Å². The number of carbonyl (C=O) groups excluding carboxylic acids is 3. The molecule has 0 spiro atoms. The summed E-state index contributed by atoms with van der Waals surface area (Å²) in [4.78, 5) is 40.6. The maximum absolute atomic E-state index is 13.2. The summed E-state index contributed by atoms with van der Waals surface area (Å²) in [6.45, 7) is -0.589. The predicted molar refractivity (Wildman–Crippen MR) is 99.4 cm³/mol. The van der Waals surface area contributed by atoms with Gasteiger partial charge in [-0.05, 0) is 18.6 Å². The Kier molecular flexibility index (Phi) is 5.24. The molecule has 0 radical (unpaired) electrons. The number of likely N-dealkylation sites (tertiary alicyclic amines) is 1. The Bertz CT molecular complexity index is 891. The van der Waals surface area contributed by atoms with E-state index in [1.165, 1.54) is 4.90 Å². The molecule has 6 N–H and O–H groups in total. The first-order chi connectivity index (χ1) is 14.3. The predicted octanol–water partition coefficient (Wildman–Crippen LogP) is -2.46. The molecule has 30 heavy (non-hydrogen) atoms. The molecule has 3 aliphatic heterocycles. The third-order valence-electron chi connectivity index (χ3n) is 5.95. The summed E-state index contributed by atoms with van der Waals surface area (Å²) in [6, 6.07) is 3.92. The van der Waals surface area contributed by atoms with Gasteiger partial charge in [-0.1, -0.05) is 6.07 Å². The lowest BCUT2D eigenvalue weighted by molar-refractivity contribution is -0.261. The summed E-state index contributed by atoms with van der Waals surface area (Å²) in [6.07, 6.45) is -8.02. The number of carbonyl (C=O) groups is 3. The number of fused-ring (bicyclic) bond motifs is 1. The lowest BCUT2D eigenvalue weighted by Gasteiger charge is -2.46. The first-order valence-corrected chi connectivity index (χ1v) is 9.61. The van der Waals surface area contributed by atoms with Gasteiger partial charge in [-0.15, -0.1) is 0 Å². The monoisotopic (exact) mass is 421 g/mol. The molecule has 2 saturated heterocycles. The van der Waals surface area contributed by atoms with Crippen LogP contribution < -0.4 is 5.73 Å².